The molecule has 0 fully saturated rings. The van der Waals surface area contributed by atoms with Crippen molar-refractivity contribution in [2.45, 2.75) is 20.3 Å². The first-order valence-electron chi connectivity index (χ1n) is 6.22. The van der Waals surface area contributed by atoms with Crippen LogP contribution in [0.3, 0.4) is 0 Å². The van der Waals surface area contributed by atoms with Gasteiger partial charge in [-0.1, -0.05) is 11.6 Å². The number of rotatable bonds is 6. The largest absolute Gasteiger partial charge is 0.496 e. The van der Waals surface area contributed by atoms with Gasteiger partial charge in [0.15, 0.2) is 0 Å². The molecular weight excluding hydrogens is 248 g/mol. The van der Waals surface area contributed by atoms with E-state index in [0.717, 1.165) is 41.4 Å². The molecule has 102 valence electrons. The van der Waals surface area contributed by atoms with E-state index in [1.165, 1.54) is 5.56 Å². The van der Waals surface area contributed by atoms with Crippen LogP contribution in [-0.4, -0.2) is 38.7 Å². The molecule has 0 aliphatic carbocycles. The van der Waals surface area contributed by atoms with Gasteiger partial charge in [-0.25, -0.2) is 0 Å². The third-order valence-electron chi connectivity index (χ3n) is 3.25. The standard InChI is InChI=1S/C14H23ClN2O/c1-10-9-13(18-4)12(11(2)14(10)15)5-7-17(3)8-6-16/h9H,5-8,16H2,1-4H3. The highest BCUT2D eigenvalue weighted by Gasteiger charge is 2.13. The van der Waals surface area contributed by atoms with E-state index >= 15 is 0 Å². The lowest BCUT2D eigenvalue weighted by atomic mass is 10.0. The Bertz CT molecular complexity index is 407. The van der Waals surface area contributed by atoms with E-state index in [1.807, 2.05) is 13.0 Å². The van der Waals surface area contributed by atoms with Gasteiger partial charge in [-0.2, -0.15) is 0 Å². The number of benzene rings is 1. The van der Waals surface area contributed by atoms with E-state index in [1.54, 1.807) is 7.11 Å². The van der Waals surface area contributed by atoms with Gasteiger partial charge in [0.1, 0.15) is 5.75 Å². The quantitative estimate of drug-likeness (QED) is 0.863. The van der Waals surface area contributed by atoms with Gasteiger partial charge in [0, 0.05) is 24.7 Å². The fraction of sp³-hybridized carbons (Fsp3) is 0.571. The van der Waals surface area contributed by atoms with Crippen molar-refractivity contribution in [1.82, 2.24) is 4.90 Å². The summed E-state index contributed by atoms with van der Waals surface area (Å²) in [6, 6.07) is 2.01. The van der Waals surface area contributed by atoms with Crippen molar-refractivity contribution < 1.29 is 4.74 Å². The van der Waals surface area contributed by atoms with Gasteiger partial charge < -0.3 is 15.4 Å². The lowest BCUT2D eigenvalue weighted by molar-refractivity contribution is 0.343. The topological polar surface area (TPSA) is 38.5 Å². The minimum Gasteiger partial charge on any atom is -0.496 e. The highest BCUT2D eigenvalue weighted by Crippen LogP contribution is 2.31. The second-order valence-electron chi connectivity index (χ2n) is 4.66. The Morgan fingerprint density at radius 3 is 2.56 bits per heavy atom. The SMILES string of the molecule is COc1cc(C)c(Cl)c(C)c1CCN(C)CCN. The summed E-state index contributed by atoms with van der Waals surface area (Å²) in [6.07, 6.45) is 0.922. The maximum Gasteiger partial charge on any atom is 0.122 e. The Morgan fingerprint density at radius 1 is 1.33 bits per heavy atom. The Labute approximate surface area is 115 Å². The predicted molar refractivity (Wildman–Crippen MR) is 77.7 cm³/mol. The molecule has 2 N–H and O–H groups in total. The number of nitrogens with zero attached hydrogens (tertiary/aromatic N) is 1. The van der Waals surface area contributed by atoms with Crippen LogP contribution < -0.4 is 10.5 Å². The Balaban J connectivity index is 2.90. The zero-order valence-electron chi connectivity index (χ0n) is 11.7. The number of likely N-dealkylation sites (N-methyl/N-ethyl adjacent to an activating group) is 1. The van der Waals surface area contributed by atoms with Crippen LogP contribution in [0.1, 0.15) is 16.7 Å². The first-order valence-corrected chi connectivity index (χ1v) is 6.60. The summed E-state index contributed by atoms with van der Waals surface area (Å²) in [5.74, 6) is 0.926. The molecule has 0 aliphatic heterocycles. The molecule has 0 spiro atoms. The molecule has 0 saturated heterocycles. The lowest BCUT2D eigenvalue weighted by Gasteiger charge is -2.19. The molecule has 1 aromatic rings. The molecule has 0 saturated carbocycles. The third-order valence-corrected chi connectivity index (χ3v) is 3.83. The molecule has 3 nitrogen and oxygen atoms in total. The Morgan fingerprint density at radius 2 is 2.00 bits per heavy atom. The Kier molecular flexibility index (Phi) is 5.93. The third kappa shape index (κ3) is 3.61. The van der Waals surface area contributed by atoms with Gasteiger partial charge >= 0.3 is 0 Å². The second-order valence-corrected chi connectivity index (χ2v) is 5.03. The lowest BCUT2D eigenvalue weighted by Crippen LogP contribution is -2.27. The van der Waals surface area contributed by atoms with Crippen LogP contribution in [0.15, 0.2) is 6.07 Å². The summed E-state index contributed by atoms with van der Waals surface area (Å²) < 4.78 is 5.45. The highest BCUT2D eigenvalue weighted by molar-refractivity contribution is 6.32. The van der Waals surface area contributed by atoms with E-state index in [0.29, 0.717) is 6.54 Å². The van der Waals surface area contributed by atoms with Crippen molar-refractivity contribution in [2.75, 3.05) is 33.8 Å². The van der Waals surface area contributed by atoms with E-state index in [-0.39, 0.29) is 0 Å². The van der Waals surface area contributed by atoms with Gasteiger partial charge in [0.05, 0.1) is 7.11 Å². The van der Waals surface area contributed by atoms with Crippen LogP contribution in [-0.2, 0) is 6.42 Å². The van der Waals surface area contributed by atoms with Gasteiger partial charge in [-0.3, -0.25) is 0 Å². The van der Waals surface area contributed by atoms with Crippen molar-refractivity contribution in [3.63, 3.8) is 0 Å². The number of ether oxygens (including phenoxy) is 1. The minimum absolute atomic E-state index is 0.682. The predicted octanol–water partition coefficient (Wildman–Crippen LogP) is 2.40. The fourth-order valence-corrected chi connectivity index (χ4v) is 2.26. The summed E-state index contributed by atoms with van der Waals surface area (Å²) in [6.45, 7) is 6.59. The fourth-order valence-electron chi connectivity index (χ4n) is 2.09. The molecule has 0 bridgehead atoms. The first kappa shape index (κ1) is 15.3. The maximum absolute atomic E-state index is 6.30. The second kappa shape index (κ2) is 6.98. The number of halogens is 1. The van der Waals surface area contributed by atoms with E-state index < -0.39 is 0 Å². The van der Waals surface area contributed by atoms with E-state index in [9.17, 15) is 0 Å². The summed E-state index contributed by atoms with van der Waals surface area (Å²) in [4.78, 5) is 2.21. The van der Waals surface area contributed by atoms with Crippen LogP contribution >= 0.6 is 11.6 Å². The van der Waals surface area contributed by atoms with Crippen LogP contribution in [0, 0.1) is 13.8 Å². The molecular formula is C14H23ClN2O. The molecule has 0 aromatic heterocycles. The van der Waals surface area contributed by atoms with E-state index in [2.05, 4.69) is 18.9 Å². The number of hydrogen-bond donors (Lipinski definition) is 1. The highest BCUT2D eigenvalue weighted by atomic mass is 35.5. The Hall–Kier alpha value is -0.770. The molecule has 0 heterocycles. The van der Waals surface area contributed by atoms with Crippen molar-refractivity contribution in [3.8, 4) is 5.75 Å². The van der Waals surface area contributed by atoms with Crippen LogP contribution in [0.2, 0.25) is 5.02 Å². The minimum atomic E-state index is 0.682. The number of nitrogens with two attached hydrogens (primary N) is 1. The molecule has 0 atom stereocenters. The smallest absolute Gasteiger partial charge is 0.122 e. The monoisotopic (exact) mass is 270 g/mol. The van der Waals surface area contributed by atoms with Crippen molar-refractivity contribution >= 4 is 11.6 Å². The molecule has 0 unspecified atom stereocenters. The van der Waals surface area contributed by atoms with Gasteiger partial charge in [0.25, 0.3) is 0 Å². The summed E-state index contributed by atoms with van der Waals surface area (Å²) in [5.41, 5.74) is 8.91. The average molecular weight is 271 g/mol. The molecule has 0 aliphatic rings. The van der Waals surface area contributed by atoms with Crippen molar-refractivity contribution in [1.29, 1.82) is 0 Å². The van der Waals surface area contributed by atoms with Crippen LogP contribution in [0.25, 0.3) is 0 Å². The molecule has 1 rings (SSSR count). The van der Waals surface area contributed by atoms with Gasteiger partial charge in [-0.15, -0.1) is 0 Å². The molecule has 0 radical (unpaired) electrons. The maximum atomic E-state index is 6.30. The van der Waals surface area contributed by atoms with Gasteiger partial charge in [0.2, 0.25) is 0 Å². The van der Waals surface area contributed by atoms with Crippen LogP contribution in [0.4, 0.5) is 0 Å². The molecule has 4 heteroatoms. The average Bonchev–Trinajstić information content (AvgIpc) is 2.34. The van der Waals surface area contributed by atoms with Gasteiger partial charge in [-0.05, 0) is 50.1 Å². The van der Waals surface area contributed by atoms with E-state index in [4.69, 9.17) is 22.1 Å². The van der Waals surface area contributed by atoms with Crippen molar-refractivity contribution in [3.05, 3.63) is 27.8 Å². The molecule has 18 heavy (non-hydrogen) atoms. The van der Waals surface area contributed by atoms with Crippen molar-refractivity contribution in [2.24, 2.45) is 5.73 Å². The number of aryl methyl sites for hydroxylation is 1. The first-order chi connectivity index (χ1) is 8.51. The zero-order valence-corrected chi connectivity index (χ0v) is 12.5. The summed E-state index contributed by atoms with van der Waals surface area (Å²) in [5, 5.41) is 0.840. The molecule has 0 amide bonds. The summed E-state index contributed by atoms with van der Waals surface area (Å²) >= 11 is 6.30. The summed E-state index contributed by atoms with van der Waals surface area (Å²) in [7, 11) is 3.78. The molecule has 1 aromatic carbocycles. The number of methoxy groups -OCH3 is 1. The van der Waals surface area contributed by atoms with Crippen LogP contribution in [0.5, 0.6) is 5.75 Å². The normalized spacial score (nSPS) is 11.1. The number of hydrogen-bond acceptors (Lipinski definition) is 3. The zero-order chi connectivity index (χ0) is 13.7.